The van der Waals surface area contributed by atoms with Gasteiger partial charge in [-0.3, -0.25) is 9.69 Å². The Labute approximate surface area is 304 Å². The highest BCUT2D eigenvalue weighted by Gasteiger charge is 2.37. The van der Waals surface area contributed by atoms with Gasteiger partial charge in [0.15, 0.2) is 0 Å². The highest BCUT2D eigenvalue weighted by atomic mass is 32.2. The van der Waals surface area contributed by atoms with E-state index in [4.69, 9.17) is 9.47 Å². The minimum atomic E-state index is -0.631. The van der Waals surface area contributed by atoms with E-state index >= 15 is 0 Å². The van der Waals surface area contributed by atoms with E-state index in [1.165, 1.54) is 30.2 Å². The molecule has 262 valence electrons. The van der Waals surface area contributed by atoms with E-state index in [1.54, 1.807) is 16.7 Å². The number of anilines is 3. The monoisotopic (exact) mass is 732 g/mol. The van der Waals surface area contributed by atoms with Crippen LogP contribution >= 0.6 is 34.9 Å². The number of para-hydroxylation sites is 1. The van der Waals surface area contributed by atoms with Crippen molar-refractivity contribution in [2.24, 2.45) is 0 Å². The van der Waals surface area contributed by atoms with Crippen LogP contribution in [0.5, 0.6) is 0 Å². The van der Waals surface area contributed by atoms with Gasteiger partial charge in [-0.05, 0) is 69.5 Å². The fourth-order valence-corrected chi connectivity index (χ4v) is 9.55. The summed E-state index contributed by atoms with van der Waals surface area (Å²) in [6, 6.07) is 15.0. The summed E-state index contributed by atoms with van der Waals surface area (Å²) in [5, 5.41) is 6.11. The maximum Gasteiger partial charge on any atom is 0.410 e. The zero-order chi connectivity index (χ0) is 35.6. The summed E-state index contributed by atoms with van der Waals surface area (Å²) in [5.41, 5.74) is 1.96. The number of thiophene rings is 1. The van der Waals surface area contributed by atoms with Gasteiger partial charge >= 0.3 is 18.1 Å². The minimum absolute atomic E-state index is 0.115. The van der Waals surface area contributed by atoms with E-state index in [1.807, 2.05) is 93.3 Å². The third-order valence-corrected chi connectivity index (χ3v) is 12.1. The number of urea groups is 1. The number of allylic oxidation sites excluding steroid dienone is 2. The molecule has 10 nitrogen and oxygen atoms in total. The van der Waals surface area contributed by atoms with Gasteiger partial charge in [-0.2, -0.15) is 0 Å². The number of esters is 1. The Morgan fingerprint density at radius 1 is 1.04 bits per heavy atom. The normalized spacial score (nSPS) is 18.3. The molecule has 13 heteroatoms. The van der Waals surface area contributed by atoms with Crippen LogP contribution < -0.4 is 15.5 Å². The van der Waals surface area contributed by atoms with E-state index < -0.39 is 22.9 Å². The van der Waals surface area contributed by atoms with E-state index in [2.05, 4.69) is 22.8 Å². The molecule has 3 unspecified atom stereocenters. The molecule has 2 aliphatic heterocycles. The number of hydrogen-bond donors (Lipinski definition) is 2. The molecule has 3 atom stereocenters. The molecule has 50 heavy (non-hydrogen) atoms. The number of thioether (sulfide) groups is 2. The molecule has 2 aromatic carbocycles. The molecule has 2 N–H and O–H groups in total. The Morgan fingerprint density at radius 3 is 2.58 bits per heavy atom. The van der Waals surface area contributed by atoms with Crippen molar-refractivity contribution >= 4 is 75.2 Å². The summed E-state index contributed by atoms with van der Waals surface area (Å²) >= 11 is 4.41. The number of nitrogens with one attached hydrogen (secondary N) is 2. The summed E-state index contributed by atoms with van der Waals surface area (Å²) in [7, 11) is 1.31. The number of amides is 4. The molecule has 6 rings (SSSR count). The van der Waals surface area contributed by atoms with Gasteiger partial charge in [0.2, 0.25) is 5.91 Å². The lowest BCUT2D eigenvalue weighted by molar-refractivity contribution is -0.115. The zero-order valence-corrected chi connectivity index (χ0v) is 31.0. The minimum Gasteiger partial charge on any atom is -0.465 e. The van der Waals surface area contributed by atoms with Gasteiger partial charge in [0, 0.05) is 26.9 Å². The van der Waals surface area contributed by atoms with E-state index in [0.717, 1.165) is 25.9 Å². The second-order valence-corrected chi connectivity index (χ2v) is 16.6. The van der Waals surface area contributed by atoms with Crippen LogP contribution in [0.25, 0.3) is 0 Å². The quantitative estimate of drug-likeness (QED) is 0.184. The van der Waals surface area contributed by atoms with E-state index in [0.29, 0.717) is 35.6 Å². The van der Waals surface area contributed by atoms with E-state index in [-0.39, 0.29) is 29.8 Å². The first kappa shape index (κ1) is 35.6. The standard InChI is InChI=1S/C37H40N4O6S3/c1-6-27(32(42)39-33-31(34(43)46-5)24-18-19-40(21-30(24)50-33)36(45)47-37(2,3)4)48-23-13-11-12-22(20-23)38-35(44)41-25-14-7-9-16-28(25)49-29-17-10-8-15-26(29)41/h7-17,20,25,27-28H,6,18-19,21H2,1-5H3,(H,38,44)(H,39,42). The number of carbonyl (C=O) groups excluding carboxylic acids is 4. The number of nitrogens with zero attached hydrogens (tertiary/aromatic N) is 2. The lowest BCUT2D eigenvalue weighted by Gasteiger charge is -2.40. The second kappa shape index (κ2) is 15.0. The van der Waals surface area contributed by atoms with Crippen LogP contribution in [0.2, 0.25) is 0 Å². The molecule has 0 spiro atoms. The van der Waals surface area contributed by atoms with Crippen molar-refractivity contribution in [2.45, 2.75) is 79.0 Å². The smallest absolute Gasteiger partial charge is 0.410 e. The molecule has 0 radical (unpaired) electrons. The van der Waals surface area contributed by atoms with Crippen molar-refractivity contribution in [3.8, 4) is 0 Å². The number of carbonyl (C=O) groups is 4. The fraction of sp³-hybridized carbons (Fsp3) is 0.351. The Morgan fingerprint density at radius 2 is 1.82 bits per heavy atom. The van der Waals surface area contributed by atoms with Gasteiger partial charge in [0.05, 0.1) is 41.4 Å². The maximum atomic E-state index is 13.8. The van der Waals surface area contributed by atoms with Crippen LogP contribution in [-0.4, -0.2) is 64.7 Å². The van der Waals surface area contributed by atoms with Crippen molar-refractivity contribution in [3.63, 3.8) is 0 Å². The molecule has 1 aliphatic carbocycles. The lowest BCUT2D eigenvalue weighted by Crippen LogP contribution is -2.49. The van der Waals surface area contributed by atoms with E-state index in [9.17, 15) is 19.2 Å². The molecular weight excluding hydrogens is 693 g/mol. The Balaban J connectivity index is 1.16. The predicted molar refractivity (Wildman–Crippen MR) is 201 cm³/mol. The van der Waals surface area contributed by atoms with Crippen molar-refractivity contribution < 1.29 is 28.7 Å². The van der Waals surface area contributed by atoms with Crippen molar-refractivity contribution in [3.05, 3.63) is 88.8 Å². The third-order valence-electron chi connectivity index (χ3n) is 8.32. The second-order valence-electron chi connectivity index (χ2n) is 13.0. The number of methoxy groups -OCH3 is 1. The molecular formula is C37H40N4O6S3. The summed E-state index contributed by atoms with van der Waals surface area (Å²) in [4.78, 5) is 59.3. The Bertz CT molecular complexity index is 1870. The lowest BCUT2D eigenvalue weighted by atomic mass is 10.0. The molecule has 3 heterocycles. The largest absolute Gasteiger partial charge is 0.465 e. The molecule has 3 aliphatic rings. The van der Waals surface area contributed by atoms with Crippen molar-refractivity contribution in [1.29, 1.82) is 0 Å². The summed E-state index contributed by atoms with van der Waals surface area (Å²) in [5.74, 6) is -0.793. The fourth-order valence-electron chi connectivity index (χ4n) is 6.03. The average molecular weight is 733 g/mol. The van der Waals surface area contributed by atoms with Gasteiger partial charge in [0.1, 0.15) is 10.6 Å². The van der Waals surface area contributed by atoms with Crippen LogP contribution in [0.1, 0.15) is 54.9 Å². The summed E-state index contributed by atoms with van der Waals surface area (Å²) < 4.78 is 10.7. The van der Waals surface area contributed by atoms with Gasteiger partial charge in [0.25, 0.3) is 0 Å². The molecule has 4 amide bonds. The highest BCUT2D eigenvalue weighted by molar-refractivity contribution is 8.00. The third kappa shape index (κ3) is 7.74. The molecule has 0 fully saturated rings. The number of rotatable bonds is 7. The van der Waals surface area contributed by atoms with Crippen LogP contribution in [0.15, 0.2) is 82.6 Å². The van der Waals surface area contributed by atoms with Crippen LogP contribution in [0, 0.1) is 0 Å². The first-order chi connectivity index (χ1) is 24.0. The summed E-state index contributed by atoms with van der Waals surface area (Å²) in [6.07, 6.45) is 8.70. The maximum absolute atomic E-state index is 13.8. The average Bonchev–Trinajstić information content (AvgIpc) is 3.45. The number of fused-ring (bicyclic) bond motifs is 3. The Hall–Kier alpha value is -4.20. The zero-order valence-electron chi connectivity index (χ0n) is 28.6. The Kier molecular flexibility index (Phi) is 10.7. The topological polar surface area (TPSA) is 117 Å². The van der Waals surface area contributed by atoms with Crippen LogP contribution in [0.3, 0.4) is 0 Å². The SMILES string of the molecule is CCC(Sc1cccc(NC(=O)N2c3ccccc3SC3C=CC=CC32)c1)C(=O)Nc1sc2c(c1C(=O)OC)CCN(C(=O)OC(C)(C)C)C2. The van der Waals surface area contributed by atoms with Crippen LogP contribution in [0.4, 0.5) is 26.0 Å². The molecule has 0 bridgehead atoms. The number of benzene rings is 2. The first-order valence-electron chi connectivity index (χ1n) is 16.4. The van der Waals surface area contributed by atoms with Gasteiger partial charge in [-0.15, -0.1) is 34.9 Å². The van der Waals surface area contributed by atoms with Crippen molar-refractivity contribution in [2.75, 3.05) is 29.2 Å². The molecule has 1 aromatic heterocycles. The molecule has 3 aromatic rings. The number of hydrogen-bond acceptors (Lipinski definition) is 9. The highest BCUT2D eigenvalue weighted by Crippen LogP contribution is 2.44. The van der Waals surface area contributed by atoms with Crippen molar-refractivity contribution in [1.82, 2.24) is 4.90 Å². The molecule has 0 saturated heterocycles. The predicted octanol–water partition coefficient (Wildman–Crippen LogP) is 8.34. The first-order valence-corrected chi connectivity index (χ1v) is 19.0. The van der Waals surface area contributed by atoms with Gasteiger partial charge < -0.3 is 25.0 Å². The van der Waals surface area contributed by atoms with Gasteiger partial charge in [-0.1, -0.05) is 49.4 Å². The molecule has 0 saturated carbocycles. The van der Waals surface area contributed by atoms with Gasteiger partial charge in [-0.25, -0.2) is 14.4 Å². The van der Waals surface area contributed by atoms with Crippen LogP contribution in [-0.2, 0) is 27.2 Å². The summed E-state index contributed by atoms with van der Waals surface area (Å²) in [6.45, 7) is 8.04. The number of ether oxygens (including phenoxy) is 2.